The lowest BCUT2D eigenvalue weighted by Crippen LogP contribution is -2.59. The first-order valence-electron chi connectivity index (χ1n) is 7.62. The quantitative estimate of drug-likeness (QED) is 0.862. The van der Waals surface area contributed by atoms with E-state index in [-0.39, 0.29) is 5.75 Å². The van der Waals surface area contributed by atoms with Gasteiger partial charge in [-0.15, -0.1) is 13.2 Å². The summed E-state index contributed by atoms with van der Waals surface area (Å²) in [4.78, 5) is 23.5. The largest absolute Gasteiger partial charge is 0.573 e. The van der Waals surface area contributed by atoms with E-state index < -0.39 is 35.6 Å². The number of carboxylic acid groups (broad SMARTS) is 1. The lowest BCUT2D eigenvalue weighted by atomic mass is 9.76. The van der Waals surface area contributed by atoms with Gasteiger partial charge in [-0.2, -0.15) is 0 Å². The van der Waals surface area contributed by atoms with Gasteiger partial charge in [-0.3, -0.25) is 4.79 Å². The maximum absolute atomic E-state index is 12.5. The number of para-hydroxylation sites is 1. The summed E-state index contributed by atoms with van der Waals surface area (Å²) in [5, 5.41) is 11.8. The molecule has 0 bridgehead atoms. The number of hydrogen-bond acceptors (Lipinski definition) is 3. The molecule has 2 aliphatic carbocycles. The van der Waals surface area contributed by atoms with Crippen LogP contribution >= 0.6 is 0 Å². The van der Waals surface area contributed by atoms with Crippen molar-refractivity contribution in [2.75, 3.05) is 0 Å². The number of aliphatic carboxylic acids is 1. The van der Waals surface area contributed by atoms with Crippen LogP contribution in [0.25, 0.3) is 0 Å². The van der Waals surface area contributed by atoms with Crippen molar-refractivity contribution in [1.82, 2.24) is 5.32 Å². The van der Waals surface area contributed by atoms with Gasteiger partial charge in [0.1, 0.15) is 11.3 Å². The Morgan fingerprint density at radius 3 is 2.46 bits per heavy atom. The Morgan fingerprint density at radius 1 is 1.25 bits per heavy atom. The van der Waals surface area contributed by atoms with Gasteiger partial charge in [-0.1, -0.05) is 18.2 Å². The highest BCUT2D eigenvalue weighted by Crippen LogP contribution is 2.51. The molecule has 1 aromatic rings. The molecule has 2 N–H and O–H groups in total. The third kappa shape index (κ3) is 3.18. The molecule has 130 valence electrons. The van der Waals surface area contributed by atoms with Crippen LogP contribution < -0.4 is 10.1 Å². The van der Waals surface area contributed by atoms with E-state index in [1.54, 1.807) is 6.07 Å². The molecule has 0 radical (unpaired) electrons. The van der Waals surface area contributed by atoms with Crippen molar-refractivity contribution in [3.63, 3.8) is 0 Å². The van der Waals surface area contributed by atoms with Gasteiger partial charge in [0.2, 0.25) is 5.91 Å². The summed E-state index contributed by atoms with van der Waals surface area (Å²) in [5.74, 6) is -2.74. The second-order valence-electron chi connectivity index (χ2n) is 6.26. The van der Waals surface area contributed by atoms with Crippen LogP contribution in [0.4, 0.5) is 13.2 Å². The minimum atomic E-state index is -4.80. The summed E-state index contributed by atoms with van der Waals surface area (Å²) < 4.78 is 41.4. The fourth-order valence-electron chi connectivity index (χ4n) is 3.08. The van der Waals surface area contributed by atoms with Crippen molar-refractivity contribution in [2.45, 2.75) is 43.5 Å². The zero-order valence-corrected chi connectivity index (χ0v) is 12.6. The zero-order valence-electron chi connectivity index (χ0n) is 12.6. The average molecular weight is 343 g/mol. The number of alkyl halides is 3. The Kier molecular flexibility index (Phi) is 3.93. The molecule has 24 heavy (non-hydrogen) atoms. The Labute approximate surface area is 135 Å². The lowest BCUT2D eigenvalue weighted by Gasteiger charge is -2.38. The van der Waals surface area contributed by atoms with Gasteiger partial charge in [0.15, 0.2) is 0 Å². The van der Waals surface area contributed by atoms with Gasteiger partial charge in [0.25, 0.3) is 0 Å². The SMILES string of the molecule is O=C(NC1(C(=O)O)CCC1)[C@H]1C[C@H]1c1ccccc1OC(F)(F)F. The van der Waals surface area contributed by atoms with Crippen molar-refractivity contribution in [3.05, 3.63) is 29.8 Å². The number of carbonyl (C=O) groups excluding carboxylic acids is 1. The standard InChI is InChI=1S/C16H16F3NO4/c17-16(18,19)24-12-5-2-1-4-9(12)10-8-11(10)13(21)20-15(14(22)23)6-3-7-15/h1-2,4-5,10-11H,3,6-8H2,(H,20,21)(H,22,23)/t10-,11-/m0/s1. The lowest BCUT2D eigenvalue weighted by molar-refractivity contribution is -0.274. The van der Waals surface area contributed by atoms with Crippen molar-refractivity contribution in [1.29, 1.82) is 0 Å². The van der Waals surface area contributed by atoms with Gasteiger partial charge >= 0.3 is 12.3 Å². The number of ether oxygens (including phenoxy) is 1. The number of carbonyl (C=O) groups is 2. The third-order valence-electron chi connectivity index (χ3n) is 4.65. The number of halogens is 3. The molecule has 3 rings (SSSR count). The molecular weight excluding hydrogens is 327 g/mol. The molecule has 0 heterocycles. The summed E-state index contributed by atoms with van der Waals surface area (Å²) in [6, 6.07) is 5.71. The summed E-state index contributed by atoms with van der Waals surface area (Å²) in [6.45, 7) is 0. The van der Waals surface area contributed by atoms with E-state index in [9.17, 15) is 27.9 Å². The first kappa shape index (κ1) is 16.6. The Bertz CT molecular complexity index is 670. The summed E-state index contributed by atoms with van der Waals surface area (Å²) >= 11 is 0. The molecule has 0 unspecified atom stereocenters. The van der Waals surface area contributed by atoms with E-state index in [2.05, 4.69) is 10.1 Å². The van der Waals surface area contributed by atoms with Crippen LogP contribution in [0, 0.1) is 5.92 Å². The van der Waals surface area contributed by atoms with E-state index in [4.69, 9.17) is 0 Å². The highest BCUT2D eigenvalue weighted by molar-refractivity contribution is 5.90. The number of benzene rings is 1. The molecule has 1 aromatic carbocycles. The molecular formula is C16H16F3NO4. The minimum absolute atomic E-state index is 0.313. The van der Waals surface area contributed by atoms with E-state index in [1.807, 2.05) is 0 Å². The number of amides is 1. The third-order valence-corrected chi connectivity index (χ3v) is 4.65. The van der Waals surface area contributed by atoms with Gasteiger partial charge < -0.3 is 15.2 Å². The molecule has 0 spiro atoms. The van der Waals surface area contributed by atoms with E-state index in [1.165, 1.54) is 18.2 Å². The number of hydrogen-bond donors (Lipinski definition) is 2. The van der Waals surface area contributed by atoms with Crippen LogP contribution in [0.5, 0.6) is 5.75 Å². The normalized spacial score (nSPS) is 24.6. The Hall–Kier alpha value is -2.25. The molecule has 2 atom stereocenters. The van der Waals surface area contributed by atoms with E-state index in [0.29, 0.717) is 24.8 Å². The molecule has 5 nitrogen and oxygen atoms in total. The topological polar surface area (TPSA) is 75.6 Å². The Balaban J connectivity index is 1.69. The van der Waals surface area contributed by atoms with Crippen LogP contribution in [0.15, 0.2) is 24.3 Å². The molecule has 0 aliphatic heterocycles. The van der Waals surface area contributed by atoms with Crippen molar-refractivity contribution in [2.24, 2.45) is 5.92 Å². The van der Waals surface area contributed by atoms with Gasteiger partial charge in [-0.05, 0) is 43.2 Å². The maximum atomic E-state index is 12.5. The first-order chi connectivity index (χ1) is 11.2. The maximum Gasteiger partial charge on any atom is 0.573 e. The molecule has 2 saturated carbocycles. The second kappa shape index (κ2) is 5.68. The molecule has 8 heteroatoms. The number of nitrogens with one attached hydrogen (secondary N) is 1. The highest BCUT2D eigenvalue weighted by Gasteiger charge is 2.51. The monoisotopic (exact) mass is 343 g/mol. The Morgan fingerprint density at radius 2 is 1.92 bits per heavy atom. The minimum Gasteiger partial charge on any atom is -0.480 e. The van der Waals surface area contributed by atoms with Crippen LogP contribution in [-0.4, -0.2) is 28.9 Å². The first-order valence-corrected chi connectivity index (χ1v) is 7.62. The van der Waals surface area contributed by atoms with Crippen molar-refractivity contribution in [3.8, 4) is 5.75 Å². The fraction of sp³-hybridized carbons (Fsp3) is 0.500. The molecule has 1 amide bonds. The summed E-state index contributed by atoms with van der Waals surface area (Å²) in [7, 11) is 0. The fourth-order valence-corrected chi connectivity index (χ4v) is 3.08. The number of carboxylic acids is 1. The highest BCUT2D eigenvalue weighted by atomic mass is 19.4. The van der Waals surface area contributed by atoms with Gasteiger partial charge in [0.05, 0.1) is 0 Å². The molecule has 2 aliphatic rings. The predicted octanol–water partition coefficient (Wildman–Crippen LogP) is 2.81. The van der Waals surface area contributed by atoms with Crippen LogP contribution in [0.1, 0.15) is 37.2 Å². The molecule has 0 saturated heterocycles. The number of rotatable bonds is 5. The van der Waals surface area contributed by atoms with Gasteiger partial charge in [-0.25, -0.2) is 4.79 Å². The smallest absolute Gasteiger partial charge is 0.480 e. The van der Waals surface area contributed by atoms with Crippen LogP contribution in [-0.2, 0) is 9.59 Å². The van der Waals surface area contributed by atoms with Crippen molar-refractivity contribution >= 4 is 11.9 Å². The molecule has 0 aromatic heterocycles. The molecule has 2 fully saturated rings. The van der Waals surface area contributed by atoms with Crippen LogP contribution in [0.3, 0.4) is 0 Å². The predicted molar refractivity (Wildman–Crippen MR) is 76.3 cm³/mol. The average Bonchev–Trinajstić information content (AvgIpc) is 3.21. The van der Waals surface area contributed by atoms with E-state index in [0.717, 1.165) is 6.42 Å². The van der Waals surface area contributed by atoms with Crippen LogP contribution in [0.2, 0.25) is 0 Å². The summed E-state index contributed by atoms with van der Waals surface area (Å²) in [6.07, 6.45) is -2.96. The van der Waals surface area contributed by atoms with Gasteiger partial charge in [0, 0.05) is 5.92 Å². The zero-order chi connectivity index (χ0) is 17.5. The van der Waals surface area contributed by atoms with Crippen molar-refractivity contribution < 1.29 is 32.6 Å². The second-order valence-corrected chi connectivity index (χ2v) is 6.26. The summed E-state index contributed by atoms with van der Waals surface area (Å²) in [5.41, 5.74) is -0.903. The van der Waals surface area contributed by atoms with E-state index >= 15 is 0 Å².